The van der Waals surface area contributed by atoms with Gasteiger partial charge in [-0.25, -0.2) is 4.79 Å². The van der Waals surface area contributed by atoms with E-state index in [1.165, 1.54) is 4.90 Å². The third kappa shape index (κ3) is 4.45. The van der Waals surface area contributed by atoms with E-state index in [0.717, 1.165) is 20.1 Å². The van der Waals surface area contributed by atoms with Gasteiger partial charge in [-0.2, -0.15) is 0 Å². The normalized spacial score (nSPS) is 19.4. The predicted molar refractivity (Wildman–Crippen MR) is 104 cm³/mol. The van der Waals surface area contributed by atoms with Gasteiger partial charge in [0.2, 0.25) is 0 Å². The molecule has 2 aromatic carbocycles. The van der Waals surface area contributed by atoms with Crippen LogP contribution in [-0.2, 0) is 16.1 Å². The highest BCUT2D eigenvalue weighted by molar-refractivity contribution is 9.11. The third-order valence-electron chi connectivity index (χ3n) is 4.41. The van der Waals surface area contributed by atoms with Gasteiger partial charge >= 0.3 is 12.1 Å². The topological polar surface area (TPSA) is 66.8 Å². The lowest BCUT2D eigenvalue weighted by Gasteiger charge is -2.17. The van der Waals surface area contributed by atoms with Gasteiger partial charge in [-0.1, -0.05) is 62.2 Å². The summed E-state index contributed by atoms with van der Waals surface area (Å²) in [7, 11) is 0. The van der Waals surface area contributed by atoms with Crippen molar-refractivity contribution in [2.75, 3.05) is 13.1 Å². The Hall–Kier alpha value is -1.86. The number of rotatable bonds is 4. The van der Waals surface area contributed by atoms with Gasteiger partial charge in [0.15, 0.2) is 0 Å². The molecule has 2 atom stereocenters. The van der Waals surface area contributed by atoms with E-state index >= 15 is 0 Å². The molecule has 5 nitrogen and oxygen atoms in total. The molecule has 1 fully saturated rings. The van der Waals surface area contributed by atoms with E-state index < -0.39 is 18.0 Å². The van der Waals surface area contributed by atoms with Crippen molar-refractivity contribution in [1.82, 2.24) is 4.90 Å². The van der Waals surface area contributed by atoms with Crippen molar-refractivity contribution in [2.45, 2.75) is 12.5 Å². The number of carbonyl (C=O) groups excluding carboxylic acids is 1. The first kappa shape index (κ1) is 18.9. The molecule has 0 saturated carbocycles. The SMILES string of the molecule is O=C(O)[C@@H]1CN(C(=O)OCc2ccccc2)C[C@H]1c1cc(Br)cc(Br)c1. The maximum absolute atomic E-state index is 12.4. The highest BCUT2D eigenvalue weighted by atomic mass is 79.9. The Balaban J connectivity index is 1.72. The Kier molecular flexibility index (Phi) is 5.98. The van der Waals surface area contributed by atoms with Crippen molar-refractivity contribution in [2.24, 2.45) is 5.92 Å². The minimum atomic E-state index is -0.913. The molecule has 3 rings (SSSR count). The first-order valence-electron chi connectivity index (χ1n) is 8.08. The van der Waals surface area contributed by atoms with Gasteiger partial charge in [0, 0.05) is 28.0 Å². The summed E-state index contributed by atoms with van der Waals surface area (Å²) in [5.74, 6) is -1.87. The number of hydrogen-bond acceptors (Lipinski definition) is 3. The number of nitrogens with zero attached hydrogens (tertiary/aromatic N) is 1. The van der Waals surface area contributed by atoms with Crippen molar-refractivity contribution in [3.05, 3.63) is 68.6 Å². The molecule has 0 spiro atoms. The zero-order chi connectivity index (χ0) is 18.7. The molecule has 0 aliphatic carbocycles. The highest BCUT2D eigenvalue weighted by Crippen LogP contribution is 2.36. The number of carboxylic acids is 1. The van der Waals surface area contributed by atoms with E-state index in [9.17, 15) is 14.7 Å². The van der Waals surface area contributed by atoms with Crippen LogP contribution in [0.25, 0.3) is 0 Å². The molecule has 1 saturated heterocycles. The first-order valence-corrected chi connectivity index (χ1v) is 9.67. The van der Waals surface area contributed by atoms with Crippen molar-refractivity contribution >= 4 is 43.9 Å². The second-order valence-corrected chi connectivity index (χ2v) is 8.03. The molecule has 0 unspecified atom stereocenters. The molecular weight excluding hydrogens is 466 g/mol. The van der Waals surface area contributed by atoms with Crippen molar-refractivity contribution in [3.63, 3.8) is 0 Å². The van der Waals surface area contributed by atoms with Crippen LogP contribution < -0.4 is 0 Å². The molecular formula is C19H17Br2NO4. The van der Waals surface area contributed by atoms with Crippen molar-refractivity contribution < 1.29 is 19.4 Å². The Morgan fingerprint density at radius 3 is 2.35 bits per heavy atom. The van der Waals surface area contributed by atoms with Crippen molar-refractivity contribution in [3.8, 4) is 0 Å². The zero-order valence-electron chi connectivity index (χ0n) is 13.8. The lowest BCUT2D eigenvalue weighted by molar-refractivity contribution is -0.141. The van der Waals surface area contributed by atoms with E-state index in [4.69, 9.17) is 4.74 Å². The summed E-state index contributed by atoms with van der Waals surface area (Å²) in [6.45, 7) is 0.617. The summed E-state index contributed by atoms with van der Waals surface area (Å²) in [6, 6.07) is 15.1. The molecule has 1 aliphatic heterocycles. The largest absolute Gasteiger partial charge is 0.481 e. The average molecular weight is 483 g/mol. The quantitative estimate of drug-likeness (QED) is 0.688. The maximum Gasteiger partial charge on any atom is 0.410 e. The van der Waals surface area contributed by atoms with Gasteiger partial charge in [-0.15, -0.1) is 0 Å². The van der Waals surface area contributed by atoms with Crippen LogP contribution in [-0.4, -0.2) is 35.2 Å². The third-order valence-corrected chi connectivity index (χ3v) is 5.33. The average Bonchev–Trinajstić information content (AvgIpc) is 3.05. The predicted octanol–water partition coefficient (Wildman–Crippen LogP) is 4.65. The number of carbonyl (C=O) groups is 2. The van der Waals surface area contributed by atoms with Crippen LogP contribution in [0.2, 0.25) is 0 Å². The fraction of sp³-hybridized carbons (Fsp3) is 0.263. The Morgan fingerprint density at radius 1 is 1.08 bits per heavy atom. The molecule has 0 aromatic heterocycles. The molecule has 0 bridgehead atoms. The minimum Gasteiger partial charge on any atom is -0.481 e. The van der Waals surface area contributed by atoms with Crippen LogP contribution in [0.4, 0.5) is 4.79 Å². The van der Waals surface area contributed by atoms with Gasteiger partial charge < -0.3 is 14.7 Å². The van der Waals surface area contributed by atoms with Crippen LogP contribution in [0.3, 0.4) is 0 Å². The molecule has 26 heavy (non-hydrogen) atoms. The number of amides is 1. The van der Waals surface area contributed by atoms with Gasteiger partial charge in [0.05, 0.1) is 5.92 Å². The second kappa shape index (κ2) is 8.22. The fourth-order valence-corrected chi connectivity index (χ4v) is 4.47. The standard InChI is InChI=1S/C19H17Br2NO4/c20-14-6-13(7-15(21)8-14)16-9-22(10-17(16)18(23)24)19(25)26-11-12-4-2-1-3-5-12/h1-8,16-17H,9-11H2,(H,23,24)/t16-,17+/m0/s1. The lowest BCUT2D eigenvalue weighted by atomic mass is 9.89. The van der Waals surface area contributed by atoms with Crippen molar-refractivity contribution in [1.29, 1.82) is 0 Å². The van der Waals surface area contributed by atoms with Crippen LogP contribution in [0, 0.1) is 5.92 Å². The summed E-state index contributed by atoms with van der Waals surface area (Å²) in [5.41, 5.74) is 1.76. The number of halogens is 2. The van der Waals surface area contributed by atoms with E-state index in [2.05, 4.69) is 31.9 Å². The molecule has 7 heteroatoms. The lowest BCUT2D eigenvalue weighted by Crippen LogP contribution is -2.30. The minimum absolute atomic E-state index is 0.137. The maximum atomic E-state index is 12.4. The van der Waals surface area contributed by atoms with Gasteiger partial charge in [0.25, 0.3) is 0 Å². The Labute approximate surface area is 168 Å². The van der Waals surface area contributed by atoms with E-state index in [1.54, 1.807) is 0 Å². The zero-order valence-corrected chi connectivity index (χ0v) is 16.9. The molecule has 0 radical (unpaired) electrons. The Morgan fingerprint density at radius 2 is 1.73 bits per heavy atom. The number of ether oxygens (including phenoxy) is 1. The Bertz CT molecular complexity index is 792. The summed E-state index contributed by atoms with van der Waals surface area (Å²) in [6.07, 6.45) is -0.489. The van der Waals surface area contributed by atoms with E-state index in [1.807, 2.05) is 48.5 Å². The van der Waals surface area contributed by atoms with Gasteiger partial charge in [0.1, 0.15) is 6.61 Å². The number of benzene rings is 2. The van der Waals surface area contributed by atoms with Gasteiger partial charge in [-0.3, -0.25) is 4.79 Å². The molecule has 1 amide bonds. The summed E-state index contributed by atoms with van der Waals surface area (Å²) in [5, 5.41) is 9.59. The van der Waals surface area contributed by atoms with E-state index in [0.29, 0.717) is 6.54 Å². The molecule has 136 valence electrons. The fourth-order valence-electron chi connectivity index (χ4n) is 3.14. The van der Waals surface area contributed by atoms with Gasteiger partial charge in [-0.05, 0) is 29.3 Å². The van der Waals surface area contributed by atoms with Crippen LogP contribution in [0.15, 0.2) is 57.5 Å². The number of likely N-dealkylation sites (tertiary alicyclic amines) is 1. The van der Waals surface area contributed by atoms with Crippen LogP contribution in [0.5, 0.6) is 0 Å². The first-order chi connectivity index (χ1) is 12.4. The van der Waals surface area contributed by atoms with E-state index in [-0.39, 0.29) is 19.1 Å². The number of carboxylic acid groups (broad SMARTS) is 1. The molecule has 1 N–H and O–H groups in total. The van der Waals surface area contributed by atoms with Crippen LogP contribution >= 0.6 is 31.9 Å². The smallest absolute Gasteiger partial charge is 0.410 e. The molecule has 2 aromatic rings. The number of aliphatic carboxylic acids is 1. The molecule has 1 heterocycles. The monoisotopic (exact) mass is 481 g/mol. The second-order valence-electron chi connectivity index (χ2n) is 6.20. The highest BCUT2D eigenvalue weighted by Gasteiger charge is 2.41. The number of hydrogen-bond donors (Lipinski definition) is 1. The van der Waals surface area contributed by atoms with Crippen LogP contribution in [0.1, 0.15) is 17.0 Å². The summed E-state index contributed by atoms with van der Waals surface area (Å²) >= 11 is 6.86. The summed E-state index contributed by atoms with van der Waals surface area (Å²) < 4.78 is 7.06. The summed E-state index contributed by atoms with van der Waals surface area (Å²) in [4.78, 5) is 25.6. The molecule has 1 aliphatic rings.